The summed E-state index contributed by atoms with van der Waals surface area (Å²) in [5.41, 5.74) is 0. The van der Waals surface area contributed by atoms with Crippen LogP contribution in [0.1, 0.15) is 0 Å². The van der Waals surface area contributed by atoms with Crippen molar-refractivity contribution in [3.8, 4) is 0 Å². The van der Waals surface area contributed by atoms with Crippen LogP contribution < -0.4 is 10.4 Å². The maximum absolute atomic E-state index is 11.5. The van der Waals surface area contributed by atoms with Crippen LogP contribution in [0.25, 0.3) is 0 Å². The third-order valence-electron chi connectivity index (χ3n) is 0.926. The number of carboxylic acids is 1. The van der Waals surface area contributed by atoms with Gasteiger partial charge in [0, 0.05) is 18.5 Å². The number of carbonyl (C=O) groups is 2. The molecule has 0 saturated carbocycles. The van der Waals surface area contributed by atoms with Gasteiger partial charge < -0.3 is 15.2 Å². The van der Waals surface area contributed by atoms with Crippen LogP contribution in [0.2, 0.25) is 0 Å². The molecule has 0 aliphatic heterocycles. The van der Waals surface area contributed by atoms with Gasteiger partial charge in [-0.05, 0) is 6.08 Å². The van der Waals surface area contributed by atoms with Gasteiger partial charge in [0.1, 0.15) is 0 Å². The molecule has 14 heavy (non-hydrogen) atoms. The van der Waals surface area contributed by atoms with Gasteiger partial charge in [-0.1, -0.05) is 0 Å². The number of aliphatic carboxylic acids is 1. The first-order chi connectivity index (χ1) is 6.34. The topological polar surface area (TPSA) is 69.2 Å². The van der Waals surface area contributed by atoms with E-state index < -0.39 is 17.9 Å². The summed E-state index contributed by atoms with van der Waals surface area (Å²) in [6, 6.07) is 0. The van der Waals surface area contributed by atoms with Gasteiger partial charge in [0.05, 0.1) is 5.97 Å². The van der Waals surface area contributed by atoms with Crippen molar-refractivity contribution in [1.29, 1.82) is 0 Å². The Hall–Kier alpha value is -1.79. The Balaban J connectivity index is 3.97. The SMILES string of the molecule is O=C([O-])C=CNC=CC(=O)C(F)(F)F. The van der Waals surface area contributed by atoms with E-state index in [1.165, 1.54) is 0 Å². The van der Waals surface area contributed by atoms with Gasteiger partial charge in [-0.25, -0.2) is 0 Å². The lowest BCUT2D eigenvalue weighted by Gasteiger charge is -1.98. The van der Waals surface area contributed by atoms with Crippen LogP contribution in [0.3, 0.4) is 0 Å². The van der Waals surface area contributed by atoms with Crippen molar-refractivity contribution in [3.05, 3.63) is 24.6 Å². The van der Waals surface area contributed by atoms with Crippen molar-refractivity contribution in [1.82, 2.24) is 5.32 Å². The highest BCUT2D eigenvalue weighted by Gasteiger charge is 2.35. The summed E-state index contributed by atoms with van der Waals surface area (Å²) in [5.74, 6) is -3.54. The highest BCUT2D eigenvalue weighted by atomic mass is 19.4. The fourth-order valence-corrected chi connectivity index (χ4v) is 0.390. The highest BCUT2D eigenvalue weighted by molar-refractivity contribution is 5.94. The lowest BCUT2D eigenvalue weighted by Crippen LogP contribution is -2.21. The molecule has 0 unspecified atom stereocenters. The van der Waals surface area contributed by atoms with Crippen LogP contribution in [0, 0.1) is 0 Å². The molecular formula is C7H5F3NO3-. The quantitative estimate of drug-likeness (QED) is 0.631. The van der Waals surface area contributed by atoms with Gasteiger partial charge in [-0.3, -0.25) is 4.79 Å². The molecule has 0 aromatic heterocycles. The minimum absolute atomic E-state index is 0.236. The second kappa shape index (κ2) is 5.05. The van der Waals surface area contributed by atoms with Gasteiger partial charge in [-0.15, -0.1) is 0 Å². The van der Waals surface area contributed by atoms with Gasteiger partial charge >= 0.3 is 6.18 Å². The number of nitrogens with one attached hydrogen (secondary N) is 1. The molecule has 0 aromatic rings. The summed E-state index contributed by atoms with van der Waals surface area (Å²) in [5, 5.41) is 11.8. The molecule has 0 fully saturated rings. The smallest absolute Gasteiger partial charge is 0.454 e. The van der Waals surface area contributed by atoms with Crippen LogP contribution >= 0.6 is 0 Å². The van der Waals surface area contributed by atoms with Crippen molar-refractivity contribution in [2.75, 3.05) is 0 Å². The summed E-state index contributed by atoms with van der Waals surface area (Å²) in [6.45, 7) is 0. The lowest BCUT2D eigenvalue weighted by molar-refractivity contribution is -0.297. The number of allylic oxidation sites excluding steroid dienone is 1. The van der Waals surface area contributed by atoms with Crippen molar-refractivity contribution in [2.45, 2.75) is 6.18 Å². The number of rotatable bonds is 4. The van der Waals surface area contributed by atoms with E-state index in [9.17, 15) is 27.9 Å². The fourth-order valence-electron chi connectivity index (χ4n) is 0.390. The van der Waals surface area contributed by atoms with E-state index in [2.05, 4.69) is 0 Å². The van der Waals surface area contributed by atoms with Crippen molar-refractivity contribution in [3.63, 3.8) is 0 Å². The van der Waals surface area contributed by atoms with Gasteiger partial charge in [0.2, 0.25) is 0 Å². The van der Waals surface area contributed by atoms with Gasteiger partial charge in [0.15, 0.2) is 0 Å². The van der Waals surface area contributed by atoms with E-state index in [1.54, 1.807) is 0 Å². The summed E-state index contributed by atoms with van der Waals surface area (Å²) < 4.78 is 34.6. The number of hydrogen-bond acceptors (Lipinski definition) is 4. The van der Waals surface area contributed by atoms with Gasteiger partial charge in [0.25, 0.3) is 5.78 Å². The maximum Gasteiger partial charge on any atom is 0.454 e. The first kappa shape index (κ1) is 12.2. The fraction of sp³-hybridized carbons (Fsp3) is 0.143. The normalized spacial score (nSPS) is 12.2. The Morgan fingerprint density at radius 1 is 1.14 bits per heavy atom. The Bertz CT molecular complexity index is 280. The number of carboxylic acid groups (broad SMARTS) is 1. The van der Waals surface area contributed by atoms with Crippen molar-refractivity contribution < 1.29 is 27.9 Å². The predicted octanol–water partition coefficient (Wildman–Crippen LogP) is -0.515. The molecule has 0 atom stereocenters. The third-order valence-corrected chi connectivity index (χ3v) is 0.926. The molecule has 0 saturated heterocycles. The van der Waals surface area contributed by atoms with Crippen LogP contribution in [0.15, 0.2) is 24.6 Å². The Labute approximate surface area is 76.7 Å². The van der Waals surface area contributed by atoms with E-state index >= 15 is 0 Å². The van der Waals surface area contributed by atoms with Gasteiger partial charge in [-0.2, -0.15) is 13.2 Å². The molecule has 0 amide bonds. The Morgan fingerprint density at radius 3 is 2.07 bits per heavy atom. The number of alkyl halides is 3. The van der Waals surface area contributed by atoms with E-state index in [4.69, 9.17) is 0 Å². The number of ketones is 1. The zero-order valence-electron chi connectivity index (χ0n) is 6.67. The number of halogens is 3. The minimum atomic E-state index is -4.92. The third kappa shape index (κ3) is 5.81. The molecule has 0 aliphatic carbocycles. The summed E-state index contributed by atoms with van der Waals surface area (Å²) in [7, 11) is 0. The Morgan fingerprint density at radius 2 is 1.64 bits per heavy atom. The monoisotopic (exact) mass is 208 g/mol. The zero-order chi connectivity index (χ0) is 11.2. The van der Waals surface area contributed by atoms with E-state index in [-0.39, 0.29) is 6.08 Å². The number of hydrogen-bond donors (Lipinski definition) is 1. The predicted molar refractivity (Wildman–Crippen MR) is 37.5 cm³/mol. The number of carbonyl (C=O) groups excluding carboxylic acids is 2. The lowest BCUT2D eigenvalue weighted by atomic mass is 10.4. The zero-order valence-corrected chi connectivity index (χ0v) is 6.67. The molecule has 7 heteroatoms. The molecule has 0 spiro atoms. The molecule has 1 N–H and O–H groups in total. The molecule has 78 valence electrons. The first-order valence-corrected chi connectivity index (χ1v) is 3.25. The average molecular weight is 208 g/mol. The first-order valence-electron chi connectivity index (χ1n) is 3.25. The summed E-state index contributed by atoms with van der Waals surface area (Å²) in [4.78, 5) is 19.9. The largest absolute Gasteiger partial charge is 0.545 e. The molecule has 4 nitrogen and oxygen atoms in total. The molecule has 0 bridgehead atoms. The van der Waals surface area contributed by atoms with Crippen molar-refractivity contribution in [2.24, 2.45) is 0 Å². The molecule has 0 radical (unpaired) electrons. The van der Waals surface area contributed by atoms with Crippen LogP contribution in [-0.4, -0.2) is 17.9 Å². The van der Waals surface area contributed by atoms with Crippen LogP contribution in [0.4, 0.5) is 13.2 Å². The summed E-state index contributed by atoms with van der Waals surface area (Å²) in [6.07, 6.45) is -2.65. The van der Waals surface area contributed by atoms with Crippen LogP contribution in [-0.2, 0) is 9.59 Å². The van der Waals surface area contributed by atoms with E-state index in [0.717, 1.165) is 6.20 Å². The minimum Gasteiger partial charge on any atom is -0.545 e. The highest BCUT2D eigenvalue weighted by Crippen LogP contribution is 2.15. The maximum atomic E-state index is 11.5. The van der Waals surface area contributed by atoms with E-state index in [0.29, 0.717) is 12.3 Å². The Kier molecular flexibility index (Phi) is 4.41. The molecule has 0 aliphatic rings. The molecule has 0 heterocycles. The van der Waals surface area contributed by atoms with Crippen LogP contribution in [0.5, 0.6) is 0 Å². The second-order valence-corrected chi connectivity index (χ2v) is 2.01. The molecule has 0 aromatic carbocycles. The molecular weight excluding hydrogens is 203 g/mol. The van der Waals surface area contributed by atoms with E-state index in [1.807, 2.05) is 5.32 Å². The standard InChI is InChI=1S/C7H6F3NO3/c8-7(9,10)5(12)1-3-11-4-2-6(13)14/h1-4,11H,(H,13,14)/p-1. The summed E-state index contributed by atoms with van der Waals surface area (Å²) >= 11 is 0. The molecule has 0 rings (SSSR count). The van der Waals surface area contributed by atoms with Crippen molar-refractivity contribution >= 4 is 11.8 Å². The average Bonchev–Trinajstić information content (AvgIpc) is 2.01. The second-order valence-electron chi connectivity index (χ2n) is 2.01.